The standard InChI is InChI=1S/C26H27FN2O2/c1-19-8-10-21(11-9-19)25(20-6-4-3-5-7-20)28-14-16-29(17-15-28)26(30)22-12-13-24(31-2)23(27)18-22/h3-13,18,25H,14-17H2,1-2H3/t25-/m0/s1. The molecule has 31 heavy (non-hydrogen) atoms. The van der Waals surface area contributed by atoms with Crippen LogP contribution in [0.3, 0.4) is 0 Å². The van der Waals surface area contributed by atoms with Crippen molar-refractivity contribution in [3.8, 4) is 5.75 Å². The van der Waals surface area contributed by atoms with Crippen LogP contribution in [0, 0.1) is 12.7 Å². The molecule has 4 nitrogen and oxygen atoms in total. The highest BCUT2D eigenvalue weighted by Crippen LogP contribution is 2.30. The molecule has 3 aromatic carbocycles. The van der Waals surface area contributed by atoms with E-state index in [1.807, 2.05) is 6.07 Å². The summed E-state index contributed by atoms with van der Waals surface area (Å²) in [4.78, 5) is 17.1. The molecule has 0 unspecified atom stereocenters. The molecular weight excluding hydrogens is 391 g/mol. The summed E-state index contributed by atoms with van der Waals surface area (Å²) in [5.74, 6) is -0.520. The molecule has 1 fully saturated rings. The zero-order chi connectivity index (χ0) is 21.8. The molecule has 3 aromatic rings. The molecule has 1 heterocycles. The maximum Gasteiger partial charge on any atom is 0.254 e. The molecule has 0 N–H and O–H groups in total. The molecule has 160 valence electrons. The van der Waals surface area contributed by atoms with Gasteiger partial charge in [-0.3, -0.25) is 9.69 Å². The molecule has 1 saturated heterocycles. The van der Waals surface area contributed by atoms with Crippen molar-refractivity contribution in [1.29, 1.82) is 0 Å². The van der Waals surface area contributed by atoms with E-state index < -0.39 is 5.82 Å². The summed E-state index contributed by atoms with van der Waals surface area (Å²) in [6, 6.07) is 23.6. The zero-order valence-corrected chi connectivity index (χ0v) is 17.9. The van der Waals surface area contributed by atoms with Gasteiger partial charge in [0, 0.05) is 31.7 Å². The number of ether oxygens (including phenoxy) is 1. The number of hydrogen-bond acceptors (Lipinski definition) is 3. The van der Waals surface area contributed by atoms with E-state index in [-0.39, 0.29) is 17.7 Å². The van der Waals surface area contributed by atoms with E-state index in [1.165, 1.54) is 35.9 Å². The summed E-state index contributed by atoms with van der Waals surface area (Å²) in [6.45, 7) is 4.78. The van der Waals surface area contributed by atoms with Gasteiger partial charge in [0.2, 0.25) is 0 Å². The normalized spacial score (nSPS) is 15.5. The van der Waals surface area contributed by atoms with Crippen molar-refractivity contribution in [2.45, 2.75) is 13.0 Å². The molecule has 0 spiro atoms. The summed E-state index contributed by atoms with van der Waals surface area (Å²) in [6.07, 6.45) is 0. The van der Waals surface area contributed by atoms with E-state index in [0.29, 0.717) is 18.7 Å². The van der Waals surface area contributed by atoms with Gasteiger partial charge in [-0.2, -0.15) is 0 Å². The number of nitrogens with zero attached hydrogens (tertiary/aromatic N) is 2. The number of benzene rings is 3. The predicted molar refractivity (Wildman–Crippen MR) is 120 cm³/mol. The Labute approximate surface area is 182 Å². The third kappa shape index (κ3) is 4.62. The molecule has 1 aliphatic rings. The van der Waals surface area contributed by atoms with Gasteiger partial charge < -0.3 is 9.64 Å². The quantitative estimate of drug-likeness (QED) is 0.603. The van der Waals surface area contributed by atoms with E-state index in [1.54, 1.807) is 11.0 Å². The van der Waals surface area contributed by atoms with Gasteiger partial charge in [0.1, 0.15) is 0 Å². The summed E-state index contributed by atoms with van der Waals surface area (Å²) < 4.78 is 19.0. The van der Waals surface area contributed by atoms with Crippen LogP contribution in [-0.2, 0) is 0 Å². The number of methoxy groups -OCH3 is 1. The van der Waals surface area contributed by atoms with E-state index in [4.69, 9.17) is 4.74 Å². The average Bonchev–Trinajstić information content (AvgIpc) is 2.81. The van der Waals surface area contributed by atoms with Gasteiger partial charge in [-0.1, -0.05) is 60.2 Å². The van der Waals surface area contributed by atoms with E-state index in [0.717, 1.165) is 13.1 Å². The number of amides is 1. The third-order valence-corrected chi connectivity index (χ3v) is 5.87. The topological polar surface area (TPSA) is 32.8 Å². The van der Waals surface area contributed by atoms with Gasteiger partial charge in [-0.05, 0) is 36.2 Å². The highest BCUT2D eigenvalue weighted by molar-refractivity contribution is 5.94. The fraction of sp³-hybridized carbons (Fsp3) is 0.269. The lowest BCUT2D eigenvalue weighted by Gasteiger charge is -2.40. The third-order valence-electron chi connectivity index (χ3n) is 5.87. The minimum absolute atomic E-state index is 0.137. The Morgan fingerprint density at radius 3 is 2.16 bits per heavy atom. The first-order valence-corrected chi connectivity index (χ1v) is 10.5. The lowest BCUT2D eigenvalue weighted by atomic mass is 9.95. The van der Waals surface area contributed by atoms with Crippen LogP contribution in [0.15, 0.2) is 72.8 Å². The highest BCUT2D eigenvalue weighted by Gasteiger charge is 2.28. The van der Waals surface area contributed by atoms with Crippen molar-refractivity contribution in [2.75, 3.05) is 33.3 Å². The maximum atomic E-state index is 14.0. The Morgan fingerprint density at radius 2 is 1.55 bits per heavy atom. The van der Waals surface area contributed by atoms with Crippen molar-refractivity contribution in [3.05, 3.63) is 101 Å². The number of piperazine rings is 1. The van der Waals surface area contributed by atoms with Crippen molar-refractivity contribution in [2.24, 2.45) is 0 Å². The number of rotatable bonds is 5. The van der Waals surface area contributed by atoms with Crippen molar-refractivity contribution in [3.63, 3.8) is 0 Å². The molecule has 1 amide bonds. The molecule has 1 atom stereocenters. The monoisotopic (exact) mass is 418 g/mol. The molecule has 5 heteroatoms. The van der Waals surface area contributed by atoms with Gasteiger partial charge in [-0.25, -0.2) is 4.39 Å². The molecule has 0 saturated carbocycles. The first-order valence-electron chi connectivity index (χ1n) is 10.5. The van der Waals surface area contributed by atoms with Crippen LogP contribution < -0.4 is 4.74 Å². The second kappa shape index (κ2) is 9.31. The first-order chi connectivity index (χ1) is 15.1. The van der Waals surface area contributed by atoms with Crippen molar-refractivity contribution < 1.29 is 13.9 Å². The zero-order valence-electron chi connectivity index (χ0n) is 17.9. The first kappa shape index (κ1) is 21.1. The highest BCUT2D eigenvalue weighted by atomic mass is 19.1. The van der Waals surface area contributed by atoms with E-state index in [2.05, 4.69) is 60.4 Å². The van der Waals surface area contributed by atoms with Gasteiger partial charge in [-0.15, -0.1) is 0 Å². The lowest BCUT2D eigenvalue weighted by Crippen LogP contribution is -2.49. The SMILES string of the molecule is COc1ccc(C(=O)N2CCN([C@@H](c3ccccc3)c3ccc(C)cc3)CC2)cc1F. The Kier molecular flexibility index (Phi) is 6.33. The second-order valence-corrected chi connectivity index (χ2v) is 7.90. The molecule has 1 aliphatic heterocycles. The lowest BCUT2D eigenvalue weighted by molar-refractivity contribution is 0.0597. The fourth-order valence-corrected chi connectivity index (χ4v) is 4.16. The van der Waals surface area contributed by atoms with E-state index >= 15 is 0 Å². The number of carbonyl (C=O) groups excluding carboxylic acids is 1. The molecule has 0 aromatic heterocycles. The fourth-order valence-electron chi connectivity index (χ4n) is 4.16. The summed E-state index contributed by atoms with van der Waals surface area (Å²) in [7, 11) is 1.41. The number of aryl methyl sites for hydroxylation is 1. The van der Waals surface area contributed by atoms with Gasteiger partial charge in [0.15, 0.2) is 11.6 Å². The summed E-state index contributed by atoms with van der Waals surface area (Å²) in [5.41, 5.74) is 4.07. The average molecular weight is 419 g/mol. The number of halogens is 1. The Morgan fingerprint density at radius 1 is 0.903 bits per heavy atom. The van der Waals surface area contributed by atoms with Crippen LogP contribution in [0.25, 0.3) is 0 Å². The van der Waals surface area contributed by atoms with Crippen LogP contribution in [0.2, 0.25) is 0 Å². The minimum Gasteiger partial charge on any atom is -0.494 e. The number of carbonyl (C=O) groups is 1. The molecule has 0 radical (unpaired) electrons. The molecule has 4 rings (SSSR count). The summed E-state index contributed by atoms with van der Waals surface area (Å²) >= 11 is 0. The molecule has 0 aliphatic carbocycles. The van der Waals surface area contributed by atoms with Crippen molar-refractivity contribution in [1.82, 2.24) is 9.80 Å². The second-order valence-electron chi connectivity index (χ2n) is 7.90. The minimum atomic E-state index is -0.518. The number of hydrogen-bond donors (Lipinski definition) is 0. The van der Waals surface area contributed by atoms with Crippen LogP contribution in [0.5, 0.6) is 5.75 Å². The van der Waals surface area contributed by atoms with Crippen LogP contribution in [0.4, 0.5) is 4.39 Å². The van der Waals surface area contributed by atoms with Gasteiger partial charge in [0.05, 0.1) is 13.2 Å². The van der Waals surface area contributed by atoms with Crippen LogP contribution in [0.1, 0.15) is 33.1 Å². The van der Waals surface area contributed by atoms with Gasteiger partial charge >= 0.3 is 0 Å². The van der Waals surface area contributed by atoms with Crippen molar-refractivity contribution >= 4 is 5.91 Å². The smallest absolute Gasteiger partial charge is 0.254 e. The maximum absolute atomic E-state index is 14.0. The van der Waals surface area contributed by atoms with E-state index in [9.17, 15) is 9.18 Å². The summed E-state index contributed by atoms with van der Waals surface area (Å²) in [5, 5.41) is 0. The predicted octanol–water partition coefficient (Wildman–Crippen LogP) is 4.69. The van der Waals surface area contributed by atoms with Crippen LogP contribution in [-0.4, -0.2) is 49.0 Å². The van der Waals surface area contributed by atoms with Gasteiger partial charge in [0.25, 0.3) is 5.91 Å². The molecular formula is C26H27FN2O2. The Balaban J connectivity index is 1.50. The Hall–Kier alpha value is -3.18. The largest absolute Gasteiger partial charge is 0.494 e. The van der Waals surface area contributed by atoms with Crippen LogP contribution >= 0.6 is 0 Å². The molecule has 0 bridgehead atoms. The Bertz CT molecular complexity index is 1030.